The summed E-state index contributed by atoms with van der Waals surface area (Å²) in [6.45, 7) is 11.8. The number of hydrogen-bond donors (Lipinski definition) is 3. The summed E-state index contributed by atoms with van der Waals surface area (Å²) in [7, 11) is 0. The van der Waals surface area contributed by atoms with Crippen LogP contribution in [0.2, 0.25) is 0 Å². The summed E-state index contributed by atoms with van der Waals surface area (Å²) in [4.78, 5) is 16.7. The molecule has 0 spiro atoms. The second kappa shape index (κ2) is 13.0. The molecule has 0 aliphatic carbocycles. The van der Waals surface area contributed by atoms with E-state index in [4.69, 9.17) is 0 Å². The highest BCUT2D eigenvalue weighted by Gasteiger charge is 2.08. The van der Waals surface area contributed by atoms with Crippen LogP contribution in [0.25, 0.3) is 0 Å². The molecule has 0 aromatic heterocycles. The molecule has 0 heterocycles. The molecule has 0 bridgehead atoms. The SMILES string of the molecule is CCNC(=NCc1ccc(C(=O)NC(C)CC)cc1)NC(C)CC.I. The molecule has 142 valence electrons. The summed E-state index contributed by atoms with van der Waals surface area (Å²) in [5.41, 5.74) is 1.77. The Balaban J connectivity index is 0.00000576. The highest BCUT2D eigenvalue weighted by molar-refractivity contribution is 14.0. The molecule has 0 fully saturated rings. The van der Waals surface area contributed by atoms with Gasteiger partial charge < -0.3 is 16.0 Å². The quantitative estimate of drug-likeness (QED) is 0.315. The van der Waals surface area contributed by atoms with Gasteiger partial charge in [0.25, 0.3) is 5.91 Å². The van der Waals surface area contributed by atoms with Crippen LogP contribution in [-0.4, -0.2) is 30.5 Å². The van der Waals surface area contributed by atoms with Crippen molar-refractivity contribution >= 4 is 35.8 Å². The second-order valence-corrected chi connectivity index (χ2v) is 6.13. The predicted molar refractivity (Wildman–Crippen MR) is 117 cm³/mol. The molecule has 3 N–H and O–H groups in total. The van der Waals surface area contributed by atoms with Gasteiger partial charge >= 0.3 is 0 Å². The summed E-state index contributed by atoms with van der Waals surface area (Å²) in [6.07, 6.45) is 1.97. The van der Waals surface area contributed by atoms with E-state index in [0.717, 1.165) is 30.9 Å². The van der Waals surface area contributed by atoms with Gasteiger partial charge in [-0.3, -0.25) is 4.79 Å². The van der Waals surface area contributed by atoms with Crippen LogP contribution in [-0.2, 0) is 6.54 Å². The molecule has 2 unspecified atom stereocenters. The van der Waals surface area contributed by atoms with Gasteiger partial charge in [-0.15, -0.1) is 24.0 Å². The topological polar surface area (TPSA) is 65.5 Å². The molecule has 25 heavy (non-hydrogen) atoms. The minimum Gasteiger partial charge on any atom is -0.357 e. The van der Waals surface area contributed by atoms with Crippen LogP contribution < -0.4 is 16.0 Å². The molecule has 0 aliphatic rings. The number of amides is 1. The van der Waals surface area contributed by atoms with Gasteiger partial charge in [0.1, 0.15) is 0 Å². The summed E-state index contributed by atoms with van der Waals surface area (Å²) in [5.74, 6) is 0.802. The maximum Gasteiger partial charge on any atom is 0.251 e. The minimum absolute atomic E-state index is 0. The van der Waals surface area contributed by atoms with E-state index in [2.05, 4.69) is 48.6 Å². The average Bonchev–Trinajstić information content (AvgIpc) is 2.59. The number of nitrogens with zero attached hydrogens (tertiary/aromatic N) is 1. The Hall–Kier alpha value is -1.31. The van der Waals surface area contributed by atoms with Crippen LogP contribution in [0.5, 0.6) is 0 Å². The van der Waals surface area contributed by atoms with Crippen LogP contribution in [0.15, 0.2) is 29.3 Å². The second-order valence-electron chi connectivity index (χ2n) is 6.13. The van der Waals surface area contributed by atoms with Gasteiger partial charge in [0.2, 0.25) is 0 Å². The first kappa shape index (κ1) is 23.7. The van der Waals surface area contributed by atoms with Crippen molar-refractivity contribution < 1.29 is 4.79 Å². The molecule has 0 radical (unpaired) electrons. The zero-order valence-corrected chi connectivity index (χ0v) is 18.4. The largest absolute Gasteiger partial charge is 0.357 e. The van der Waals surface area contributed by atoms with Crippen molar-refractivity contribution in [3.63, 3.8) is 0 Å². The van der Waals surface area contributed by atoms with Gasteiger partial charge in [-0.1, -0.05) is 26.0 Å². The Bertz CT molecular complexity index is 531. The molecule has 0 saturated heterocycles. The van der Waals surface area contributed by atoms with Crippen molar-refractivity contribution in [2.24, 2.45) is 4.99 Å². The highest BCUT2D eigenvalue weighted by Crippen LogP contribution is 2.06. The molecule has 2 atom stereocenters. The Morgan fingerprint density at radius 3 is 2.08 bits per heavy atom. The predicted octanol–water partition coefficient (Wildman–Crippen LogP) is 3.69. The molecule has 1 rings (SSSR count). The van der Waals surface area contributed by atoms with Crippen molar-refractivity contribution in [3.05, 3.63) is 35.4 Å². The van der Waals surface area contributed by atoms with Crippen LogP contribution in [0.3, 0.4) is 0 Å². The molecule has 1 aromatic carbocycles. The zero-order valence-electron chi connectivity index (χ0n) is 16.1. The van der Waals surface area contributed by atoms with E-state index in [1.807, 2.05) is 31.2 Å². The maximum atomic E-state index is 12.1. The van der Waals surface area contributed by atoms with E-state index in [0.29, 0.717) is 18.2 Å². The van der Waals surface area contributed by atoms with Gasteiger partial charge in [-0.25, -0.2) is 4.99 Å². The number of halogens is 1. The lowest BCUT2D eigenvalue weighted by atomic mass is 10.1. The lowest BCUT2D eigenvalue weighted by Gasteiger charge is -2.16. The van der Waals surface area contributed by atoms with E-state index < -0.39 is 0 Å². The Labute approximate surface area is 169 Å². The maximum absolute atomic E-state index is 12.1. The number of hydrogen-bond acceptors (Lipinski definition) is 2. The number of aliphatic imine (C=N–C) groups is 1. The average molecular weight is 460 g/mol. The number of benzene rings is 1. The molecule has 1 aromatic rings. The molecular formula is C19H33IN4O. The number of carbonyl (C=O) groups excluding carboxylic acids is 1. The summed E-state index contributed by atoms with van der Waals surface area (Å²) in [5, 5.41) is 9.59. The first-order chi connectivity index (χ1) is 11.5. The fraction of sp³-hybridized carbons (Fsp3) is 0.579. The van der Waals surface area contributed by atoms with E-state index in [1.165, 1.54) is 0 Å². The summed E-state index contributed by atoms with van der Waals surface area (Å²) in [6, 6.07) is 8.21. The van der Waals surface area contributed by atoms with Crippen LogP contribution in [0.1, 0.15) is 63.4 Å². The third-order valence-electron chi connectivity index (χ3n) is 3.97. The Kier molecular flexibility index (Phi) is 12.3. The van der Waals surface area contributed by atoms with Crippen molar-refractivity contribution in [1.82, 2.24) is 16.0 Å². The molecule has 0 saturated carbocycles. The smallest absolute Gasteiger partial charge is 0.251 e. The van der Waals surface area contributed by atoms with E-state index in [9.17, 15) is 4.79 Å². The van der Waals surface area contributed by atoms with E-state index in [-0.39, 0.29) is 35.9 Å². The van der Waals surface area contributed by atoms with Gasteiger partial charge in [0.15, 0.2) is 5.96 Å². The molecule has 6 heteroatoms. The third kappa shape index (κ3) is 9.09. The summed E-state index contributed by atoms with van der Waals surface area (Å²) < 4.78 is 0. The number of carbonyl (C=O) groups is 1. The van der Waals surface area contributed by atoms with Gasteiger partial charge in [0.05, 0.1) is 6.54 Å². The molecule has 0 aliphatic heterocycles. The first-order valence-electron chi connectivity index (χ1n) is 8.94. The van der Waals surface area contributed by atoms with Gasteiger partial charge in [-0.05, 0) is 51.3 Å². The fourth-order valence-corrected chi connectivity index (χ4v) is 2.00. The monoisotopic (exact) mass is 460 g/mol. The number of rotatable bonds is 8. The van der Waals surface area contributed by atoms with E-state index >= 15 is 0 Å². The van der Waals surface area contributed by atoms with Crippen molar-refractivity contribution in [3.8, 4) is 0 Å². The number of guanidine groups is 1. The van der Waals surface area contributed by atoms with Crippen LogP contribution in [0, 0.1) is 0 Å². The standard InChI is InChI=1S/C19H32N4O.HI/c1-6-14(4)22-18(24)17-11-9-16(10-12-17)13-21-19(20-8-3)23-15(5)7-2;/h9-12,14-15H,6-8,13H2,1-5H3,(H,22,24)(H2,20,21,23);1H. The fourth-order valence-electron chi connectivity index (χ4n) is 2.00. The van der Waals surface area contributed by atoms with Gasteiger partial charge in [0, 0.05) is 24.2 Å². The minimum atomic E-state index is -0.0221. The molecular weight excluding hydrogens is 427 g/mol. The third-order valence-corrected chi connectivity index (χ3v) is 3.97. The van der Waals surface area contributed by atoms with E-state index in [1.54, 1.807) is 0 Å². The number of nitrogens with one attached hydrogen (secondary N) is 3. The van der Waals surface area contributed by atoms with Crippen LogP contribution >= 0.6 is 24.0 Å². The molecule has 5 nitrogen and oxygen atoms in total. The lowest BCUT2D eigenvalue weighted by molar-refractivity contribution is 0.0939. The van der Waals surface area contributed by atoms with Crippen molar-refractivity contribution in [2.45, 2.75) is 66.1 Å². The molecule has 1 amide bonds. The highest BCUT2D eigenvalue weighted by atomic mass is 127. The Morgan fingerprint density at radius 2 is 1.56 bits per heavy atom. The Morgan fingerprint density at radius 1 is 1.00 bits per heavy atom. The first-order valence-corrected chi connectivity index (χ1v) is 8.94. The van der Waals surface area contributed by atoms with Crippen molar-refractivity contribution in [2.75, 3.05) is 6.54 Å². The lowest BCUT2D eigenvalue weighted by Crippen LogP contribution is -2.41. The summed E-state index contributed by atoms with van der Waals surface area (Å²) >= 11 is 0. The zero-order chi connectivity index (χ0) is 17.9. The van der Waals surface area contributed by atoms with Crippen LogP contribution in [0.4, 0.5) is 0 Å². The normalized spacial score (nSPS) is 13.4. The van der Waals surface area contributed by atoms with Gasteiger partial charge in [-0.2, -0.15) is 0 Å². The van der Waals surface area contributed by atoms with Crippen molar-refractivity contribution in [1.29, 1.82) is 0 Å².